The summed E-state index contributed by atoms with van der Waals surface area (Å²) in [5, 5.41) is 10.5. The summed E-state index contributed by atoms with van der Waals surface area (Å²) in [6.45, 7) is 7.07. The maximum atomic E-state index is 12.9. The van der Waals surface area contributed by atoms with Gasteiger partial charge in [-0.15, -0.1) is 0 Å². The van der Waals surface area contributed by atoms with E-state index in [1.165, 1.54) is 116 Å². The van der Waals surface area contributed by atoms with Crippen LogP contribution >= 0.6 is 15.6 Å². The summed E-state index contributed by atoms with van der Waals surface area (Å²) in [6.07, 6.45) is 37.9. The van der Waals surface area contributed by atoms with Gasteiger partial charge in [-0.25, -0.2) is 9.13 Å². The van der Waals surface area contributed by atoms with E-state index in [1.54, 1.807) is 0 Å². The van der Waals surface area contributed by atoms with Crippen LogP contribution in [0.15, 0.2) is 0 Å². The Bertz CT molecular complexity index is 1570. The summed E-state index contributed by atoms with van der Waals surface area (Å²) in [4.78, 5) is 71.7. The molecule has 0 saturated heterocycles. The maximum Gasteiger partial charge on any atom is 0.472 e. The van der Waals surface area contributed by atoms with E-state index in [0.717, 1.165) is 109 Å². The Balaban J connectivity index is 5.15. The molecule has 0 fully saturated rings. The lowest BCUT2D eigenvalue weighted by atomic mass is 10.0. The number of hydrogen-bond acceptors (Lipinski definition) is 15. The summed E-state index contributed by atoms with van der Waals surface area (Å²) < 4.78 is 67.6. The first-order valence-electron chi connectivity index (χ1n) is 32.1. The van der Waals surface area contributed by atoms with Gasteiger partial charge in [0.1, 0.15) is 19.3 Å². The number of ether oxygens (including phenoxy) is 4. The average molecular weight is 1190 g/mol. The number of hydrogen-bond donors (Lipinski definition) is 3. The number of esters is 4. The molecule has 3 N–H and O–H groups in total. The molecular formula is C61H118O17P2. The molecule has 0 bridgehead atoms. The molecule has 0 aliphatic heterocycles. The first kappa shape index (κ1) is 78.1. The van der Waals surface area contributed by atoms with Crippen molar-refractivity contribution in [3.8, 4) is 0 Å². The smallest absolute Gasteiger partial charge is 0.462 e. The quantitative estimate of drug-likeness (QED) is 0.0222. The Hall–Kier alpha value is -1.94. The molecule has 474 valence electrons. The molecule has 5 atom stereocenters. The average Bonchev–Trinajstić information content (AvgIpc) is 3.42. The fourth-order valence-electron chi connectivity index (χ4n) is 9.05. The number of rotatable bonds is 61. The van der Waals surface area contributed by atoms with Crippen molar-refractivity contribution in [2.24, 2.45) is 5.92 Å². The molecule has 2 unspecified atom stereocenters. The molecule has 0 aromatic rings. The lowest BCUT2D eigenvalue weighted by molar-refractivity contribution is -0.161. The van der Waals surface area contributed by atoms with Gasteiger partial charge in [0.2, 0.25) is 0 Å². The minimum atomic E-state index is -4.94. The third-order valence-corrected chi connectivity index (χ3v) is 15.9. The standard InChI is InChI=1S/C61H118O17P2/c1-6-9-12-15-17-19-23-27-31-35-40-45-59(64)72-51-57(78-61(66)47-42-37-32-28-25-22-20-21-24-26-29-34-38-43-54(4)5)53-76-80(69,70)74-49-55(62)48-73-79(67,68)75-52-56(50-71-58(63)44-39-33-14-11-8-3)77-60(65)46-41-36-30-18-16-13-10-7-2/h54-57,62H,6-53H2,1-5H3,(H,67,68)(H,69,70)/t55-,56+,57+/m0/s1. The topological polar surface area (TPSA) is 237 Å². The van der Waals surface area contributed by atoms with Crippen LogP contribution < -0.4 is 0 Å². The second-order valence-electron chi connectivity index (χ2n) is 22.6. The van der Waals surface area contributed by atoms with Gasteiger partial charge in [-0.2, -0.15) is 0 Å². The molecule has 0 amide bonds. The highest BCUT2D eigenvalue weighted by Crippen LogP contribution is 2.45. The fourth-order valence-corrected chi connectivity index (χ4v) is 10.6. The van der Waals surface area contributed by atoms with Gasteiger partial charge >= 0.3 is 39.5 Å². The van der Waals surface area contributed by atoms with E-state index in [9.17, 15) is 43.2 Å². The van der Waals surface area contributed by atoms with Crippen LogP contribution in [0, 0.1) is 5.92 Å². The van der Waals surface area contributed by atoms with E-state index >= 15 is 0 Å². The van der Waals surface area contributed by atoms with Crippen molar-refractivity contribution in [2.75, 3.05) is 39.6 Å². The van der Waals surface area contributed by atoms with E-state index < -0.39 is 97.5 Å². The van der Waals surface area contributed by atoms with Crippen LogP contribution in [0.1, 0.15) is 304 Å². The van der Waals surface area contributed by atoms with Crippen molar-refractivity contribution in [2.45, 2.75) is 323 Å². The number of carbonyl (C=O) groups is 4. The largest absolute Gasteiger partial charge is 0.472 e. The van der Waals surface area contributed by atoms with Crippen LogP contribution in [0.25, 0.3) is 0 Å². The molecule has 80 heavy (non-hydrogen) atoms. The third kappa shape index (κ3) is 55.3. The van der Waals surface area contributed by atoms with Gasteiger partial charge in [-0.1, -0.05) is 253 Å². The van der Waals surface area contributed by atoms with Crippen LogP contribution in [0.5, 0.6) is 0 Å². The number of carbonyl (C=O) groups excluding carboxylic acids is 4. The highest BCUT2D eigenvalue weighted by atomic mass is 31.2. The molecule has 17 nitrogen and oxygen atoms in total. The molecule has 0 aliphatic carbocycles. The van der Waals surface area contributed by atoms with Crippen LogP contribution in [-0.2, 0) is 65.4 Å². The Morgan fingerprint density at radius 2 is 0.575 bits per heavy atom. The SMILES string of the molecule is CCCCCCCCCCCCCC(=O)OC[C@H](COP(=O)(O)OC[C@@H](O)COP(=O)(O)OC[C@@H](COC(=O)CCCCCCC)OC(=O)CCCCCCCCCC)OC(=O)CCCCCCCCCCCCCCCC(C)C. The normalized spacial score (nSPS) is 14.3. The zero-order valence-corrected chi connectivity index (χ0v) is 53.0. The lowest BCUT2D eigenvalue weighted by Crippen LogP contribution is -2.30. The van der Waals surface area contributed by atoms with Gasteiger partial charge < -0.3 is 33.8 Å². The first-order chi connectivity index (χ1) is 38.5. The predicted molar refractivity (Wildman–Crippen MR) is 317 cm³/mol. The molecule has 0 saturated carbocycles. The Morgan fingerprint density at radius 3 is 0.850 bits per heavy atom. The molecule has 0 radical (unpaired) electrons. The van der Waals surface area contributed by atoms with Gasteiger partial charge in [0.05, 0.1) is 26.4 Å². The van der Waals surface area contributed by atoms with Gasteiger partial charge in [-0.05, 0) is 31.6 Å². The van der Waals surface area contributed by atoms with Gasteiger partial charge in [0, 0.05) is 25.7 Å². The molecule has 19 heteroatoms. The number of aliphatic hydroxyl groups excluding tert-OH is 1. The minimum Gasteiger partial charge on any atom is -0.462 e. The second kappa shape index (κ2) is 55.0. The third-order valence-electron chi connectivity index (χ3n) is 14.0. The van der Waals surface area contributed by atoms with Crippen molar-refractivity contribution in [1.29, 1.82) is 0 Å². The van der Waals surface area contributed by atoms with E-state index in [-0.39, 0.29) is 25.7 Å². The van der Waals surface area contributed by atoms with E-state index in [2.05, 4.69) is 34.6 Å². The van der Waals surface area contributed by atoms with Crippen molar-refractivity contribution in [3.63, 3.8) is 0 Å². The molecular weight excluding hydrogens is 1070 g/mol. The minimum absolute atomic E-state index is 0.104. The summed E-state index contributed by atoms with van der Waals surface area (Å²) in [6, 6.07) is 0. The number of unbranched alkanes of at least 4 members (excludes halogenated alkanes) is 33. The van der Waals surface area contributed by atoms with Crippen LogP contribution in [0.2, 0.25) is 0 Å². The Morgan fingerprint density at radius 1 is 0.338 bits per heavy atom. The summed E-state index contributed by atoms with van der Waals surface area (Å²) >= 11 is 0. The summed E-state index contributed by atoms with van der Waals surface area (Å²) in [5.74, 6) is -1.36. The molecule has 0 aliphatic rings. The van der Waals surface area contributed by atoms with Crippen molar-refractivity contribution < 1.29 is 80.2 Å². The molecule has 0 aromatic carbocycles. The number of aliphatic hydroxyl groups is 1. The molecule has 0 aromatic heterocycles. The van der Waals surface area contributed by atoms with E-state index in [1.807, 2.05) is 0 Å². The summed E-state index contributed by atoms with van der Waals surface area (Å²) in [5.41, 5.74) is 0. The van der Waals surface area contributed by atoms with Crippen LogP contribution in [0.3, 0.4) is 0 Å². The van der Waals surface area contributed by atoms with Gasteiger partial charge in [-0.3, -0.25) is 37.3 Å². The van der Waals surface area contributed by atoms with E-state index in [0.29, 0.717) is 25.7 Å². The highest BCUT2D eigenvalue weighted by Gasteiger charge is 2.30. The van der Waals surface area contributed by atoms with Crippen molar-refractivity contribution >= 4 is 39.5 Å². The van der Waals surface area contributed by atoms with Crippen LogP contribution in [-0.4, -0.2) is 96.7 Å². The molecule has 0 spiro atoms. The molecule has 0 heterocycles. The van der Waals surface area contributed by atoms with Gasteiger partial charge in [0.15, 0.2) is 12.2 Å². The van der Waals surface area contributed by atoms with Crippen molar-refractivity contribution in [1.82, 2.24) is 0 Å². The maximum absolute atomic E-state index is 12.9. The zero-order chi connectivity index (χ0) is 59.2. The zero-order valence-electron chi connectivity index (χ0n) is 51.2. The fraction of sp³-hybridized carbons (Fsp3) is 0.934. The summed E-state index contributed by atoms with van der Waals surface area (Å²) in [7, 11) is -9.87. The molecule has 0 rings (SSSR count). The second-order valence-corrected chi connectivity index (χ2v) is 25.5. The van der Waals surface area contributed by atoms with E-state index in [4.69, 9.17) is 37.0 Å². The van der Waals surface area contributed by atoms with Crippen molar-refractivity contribution in [3.05, 3.63) is 0 Å². The Labute approximate surface area is 486 Å². The number of phosphoric ester groups is 2. The monoisotopic (exact) mass is 1180 g/mol. The number of phosphoric acid groups is 2. The predicted octanol–water partition coefficient (Wildman–Crippen LogP) is 16.6. The first-order valence-corrected chi connectivity index (χ1v) is 35.1. The van der Waals surface area contributed by atoms with Crippen LogP contribution in [0.4, 0.5) is 0 Å². The highest BCUT2D eigenvalue weighted by molar-refractivity contribution is 7.47. The lowest BCUT2D eigenvalue weighted by Gasteiger charge is -2.21. The Kier molecular flexibility index (Phi) is 53.6. The van der Waals surface area contributed by atoms with Gasteiger partial charge in [0.25, 0.3) is 0 Å².